The van der Waals surface area contributed by atoms with Gasteiger partial charge in [0, 0.05) is 31.9 Å². The van der Waals surface area contributed by atoms with Crippen LogP contribution in [-0.2, 0) is 45.1 Å². The van der Waals surface area contributed by atoms with E-state index in [9.17, 15) is 14.4 Å². The molecule has 182 valence electrons. The van der Waals surface area contributed by atoms with Crippen LogP contribution in [0.15, 0.2) is 18.2 Å². The SMILES string of the molecule is CC(=O)O[Si](CCCc1ccc2c(c1)CO[Si](C)(C1CCCCC1)O2)(OC(C)=O)OC(C)=O. The number of hydrogen-bond donors (Lipinski definition) is 0. The summed E-state index contributed by atoms with van der Waals surface area (Å²) in [5, 5.41) is 0. The van der Waals surface area contributed by atoms with E-state index in [0.29, 0.717) is 25.0 Å². The molecule has 1 aliphatic heterocycles. The molecule has 1 saturated carbocycles. The summed E-state index contributed by atoms with van der Waals surface area (Å²) in [6.45, 7) is 6.33. The van der Waals surface area contributed by atoms with Crippen molar-refractivity contribution in [3.05, 3.63) is 29.3 Å². The van der Waals surface area contributed by atoms with Crippen LogP contribution in [0.3, 0.4) is 0 Å². The summed E-state index contributed by atoms with van der Waals surface area (Å²) in [5.74, 6) is -1.06. The van der Waals surface area contributed by atoms with Gasteiger partial charge in [-0.25, -0.2) is 0 Å². The molecule has 0 saturated heterocycles. The Hall–Kier alpha value is -2.18. The van der Waals surface area contributed by atoms with Crippen LogP contribution < -0.4 is 4.43 Å². The molecule has 0 radical (unpaired) electrons. The van der Waals surface area contributed by atoms with Gasteiger partial charge in [-0.1, -0.05) is 25.3 Å². The normalized spacial score (nSPS) is 20.8. The second-order valence-corrected chi connectivity index (χ2v) is 14.8. The summed E-state index contributed by atoms with van der Waals surface area (Å²) in [4.78, 5) is 34.8. The lowest BCUT2D eigenvalue weighted by molar-refractivity contribution is -0.147. The molecule has 3 rings (SSSR count). The molecule has 1 aliphatic carbocycles. The molecule has 1 aromatic rings. The Morgan fingerprint density at radius 2 is 1.61 bits per heavy atom. The molecule has 0 bridgehead atoms. The van der Waals surface area contributed by atoms with E-state index < -0.39 is 35.3 Å². The number of fused-ring (bicyclic) bond motifs is 1. The van der Waals surface area contributed by atoms with Gasteiger partial charge in [0.15, 0.2) is 0 Å². The minimum absolute atomic E-state index is 0.155. The fourth-order valence-electron chi connectivity index (χ4n) is 4.68. The van der Waals surface area contributed by atoms with Gasteiger partial charge in [0.2, 0.25) is 0 Å². The maximum atomic E-state index is 11.6. The molecule has 8 nitrogen and oxygen atoms in total. The van der Waals surface area contributed by atoms with Gasteiger partial charge in [0.05, 0.1) is 12.7 Å². The highest BCUT2D eigenvalue weighted by Crippen LogP contribution is 2.42. The van der Waals surface area contributed by atoms with Crippen LogP contribution in [0.5, 0.6) is 5.75 Å². The fourth-order valence-corrected chi connectivity index (χ4v) is 10.0. The lowest BCUT2D eigenvalue weighted by Crippen LogP contribution is -2.49. The number of rotatable bonds is 8. The summed E-state index contributed by atoms with van der Waals surface area (Å²) in [5.41, 5.74) is 2.62. The Balaban J connectivity index is 1.65. The molecule has 1 fully saturated rings. The highest BCUT2D eigenvalue weighted by atomic mass is 28.4. The Labute approximate surface area is 197 Å². The third-order valence-corrected chi connectivity index (χ3v) is 12.3. The van der Waals surface area contributed by atoms with E-state index in [0.717, 1.165) is 16.9 Å². The molecular formula is C23H34O8Si2. The summed E-state index contributed by atoms with van der Waals surface area (Å²) >= 11 is 0. The Bertz CT molecular complexity index is 842. The number of carbonyl (C=O) groups excluding carboxylic acids is 3. The van der Waals surface area contributed by atoms with Crippen molar-refractivity contribution in [3.8, 4) is 5.75 Å². The van der Waals surface area contributed by atoms with Gasteiger partial charge in [-0.3, -0.25) is 14.4 Å². The smallest absolute Gasteiger partial charge is 0.520 e. The number of benzene rings is 1. The van der Waals surface area contributed by atoms with Crippen LogP contribution in [0.1, 0.15) is 70.4 Å². The van der Waals surface area contributed by atoms with Gasteiger partial charge >= 0.3 is 17.4 Å². The molecule has 0 N–H and O–H groups in total. The molecule has 0 amide bonds. The molecular weight excluding hydrogens is 460 g/mol. The zero-order chi connectivity index (χ0) is 24.1. The lowest BCUT2D eigenvalue weighted by Gasteiger charge is -2.40. The first-order chi connectivity index (χ1) is 15.6. The third kappa shape index (κ3) is 6.91. The highest BCUT2D eigenvalue weighted by molar-refractivity contribution is 6.68. The summed E-state index contributed by atoms with van der Waals surface area (Å²) in [6.07, 6.45) is 7.33. The highest BCUT2D eigenvalue weighted by Gasteiger charge is 2.51. The zero-order valence-corrected chi connectivity index (χ0v) is 21.9. The van der Waals surface area contributed by atoms with Gasteiger partial charge in [-0.05, 0) is 49.9 Å². The van der Waals surface area contributed by atoms with Gasteiger partial charge in [0.25, 0.3) is 17.9 Å². The predicted molar refractivity (Wildman–Crippen MR) is 124 cm³/mol. The minimum Gasteiger partial charge on any atom is -0.520 e. The van der Waals surface area contributed by atoms with Crippen molar-refractivity contribution in [2.75, 3.05) is 0 Å². The maximum Gasteiger partial charge on any atom is 0.705 e. The van der Waals surface area contributed by atoms with Crippen molar-refractivity contribution in [1.29, 1.82) is 0 Å². The number of carbonyl (C=O) groups is 3. The largest absolute Gasteiger partial charge is 0.705 e. The molecule has 1 atom stereocenters. The van der Waals surface area contributed by atoms with Crippen LogP contribution in [0.4, 0.5) is 0 Å². The van der Waals surface area contributed by atoms with Crippen molar-refractivity contribution >= 4 is 35.3 Å². The van der Waals surface area contributed by atoms with Crippen LogP contribution in [0.25, 0.3) is 0 Å². The molecule has 1 unspecified atom stereocenters. The van der Waals surface area contributed by atoms with Crippen molar-refractivity contribution in [3.63, 3.8) is 0 Å². The van der Waals surface area contributed by atoms with Gasteiger partial charge in [-0.15, -0.1) is 0 Å². The topological polar surface area (TPSA) is 97.4 Å². The van der Waals surface area contributed by atoms with Gasteiger partial charge in [-0.2, -0.15) is 0 Å². The van der Waals surface area contributed by atoms with E-state index in [1.807, 2.05) is 12.1 Å². The van der Waals surface area contributed by atoms with E-state index in [1.54, 1.807) is 0 Å². The predicted octanol–water partition coefficient (Wildman–Crippen LogP) is 4.56. The maximum absolute atomic E-state index is 11.6. The standard InChI is InChI=1S/C23H34O8Si2/c1-17(24)28-33(29-18(2)25,30-19(3)26)14-8-9-20-12-13-23-21(15-20)16-27-32(4,31-23)22-10-6-5-7-11-22/h12-13,15,22H,5-11,14,16H2,1-4H3. The van der Waals surface area contributed by atoms with Crippen LogP contribution in [0.2, 0.25) is 18.1 Å². The second kappa shape index (κ2) is 10.8. The quantitative estimate of drug-likeness (QED) is 0.485. The Kier molecular flexibility index (Phi) is 8.35. The van der Waals surface area contributed by atoms with E-state index in [-0.39, 0.29) is 6.04 Å². The van der Waals surface area contributed by atoms with Crippen molar-refractivity contribution in [2.24, 2.45) is 0 Å². The Morgan fingerprint density at radius 3 is 2.18 bits per heavy atom. The van der Waals surface area contributed by atoms with E-state index in [1.165, 1.54) is 52.9 Å². The van der Waals surface area contributed by atoms with Gasteiger partial charge in [0.1, 0.15) is 5.75 Å². The summed E-state index contributed by atoms with van der Waals surface area (Å²) < 4.78 is 28.5. The van der Waals surface area contributed by atoms with Crippen molar-refractivity contribution in [2.45, 2.75) is 90.5 Å². The molecule has 33 heavy (non-hydrogen) atoms. The Morgan fingerprint density at radius 1 is 1.00 bits per heavy atom. The monoisotopic (exact) mass is 494 g/mol. The molecule has 0 spiro atoms. The first-order valence-electron chi connectivity index (χ1n) is 11.6. The molecule has 1 aromatic carbocycles. The lowest BCUT2D eigenvalue weighted by atomic mass is 10.0. The molecule has 0 aromatic heterocycles. The van der Waals surface area contributed by atoms with Crippen molar-refractivity contribution in [1.82, 2.24) is 0 Å². The van der Waals surface area contributed by atoms with Gasteiger partial charge < -0.3 is 22.1 Å². The van der Waals surface area contributed by atoms with Crippen LogP contribution >= 0.6 is 0 Å². The average Bonchev–Trinajstić information content (AvgIpc) is 2.73. The molecule has 1 heterocycles. The number of aryl methyl sites for hydroxylation is 1. The van der Waals surface area contributed by atoms with Crippen molar-refractivity contribution < 1.29 is 36.5 Å². The van der Waals surface area contributed by atoms with E-state index in [2.05, 4.69) is 12.6 Å². The second-order valence-electron chi connectivity index (χ2n) is 9.00. The number of hydrogen-bond acceptors (Lipinski definition) is 8. The average molecular weight is 495 g/mol. The van der Waals surface area contributed by atoms with Crippen LogP contribution in [0, 0.1) is 0 Å². The summed E-state index contributed by atoms with van der Waals surface area (Å²) in [6, 6.07) is 6.25. The molecule has 2 aliphatic rings. The zero-order valence-electron chi connectivity index (χ0n) is 19.9. The van der Waals surface area contributed by atoms with E-state index >= 15 is 0 Å². The first-order valence-corrected chi connectivity index (χ1v) is 16.0. The fraction of sp³-hybridized carbons (Fsp3) is 0.609. The minimum atomic E-state index is -3.80. The third-order valence-electron chi connectivity index (χ3n) is 6.14. The summed E-state index contributed by atoms with van der Waals surface area (Å²) in [7, 11) is -6.04. The molecule has 10 heteroatoms. The first kappa shape index (κ1) is 25.4. The van der Waals surface area contributed by atoms with E-state index in [4.69, 9.17) is 22.1 Å². The van der Waals surface area contributed by atoms with Crippen LogP contribution in [-0.4, -0.2) is 35.3 Å².